The van der Waals surface area contributed by atoms with Crippen molar-refractivity contribution in [1.82, 2.24) is 5.32 Å². The number of hydrogen-bond donors (Lipinski definition) is 1. The number of amides is 1. The average molecular weight is 365 g/mol. The second-order valence-electron chi connectivity index (χ2n) is 7.26. The Morgan fingerprint density at radius 2 is 1.80 bits per heavy atom. The topological polar surface area (TPSA) is 66.5 Å². The zero-order valence-corrected chi connectivity index (χ0v) is 15.8. The van der Waals surface area contributed by atoms with Gasteiger partial charge in [-0.2, -0.15) is 0 Å². The van der Waals surface area contributed by atoms with E-state index in [1.54, 1.807) is 12.1 Å². The Kier molecular flexibility index (Phi) is 5.67. The second kappa shape index (κ2) is 7.77. The number of aryl methyl sites for hydroxylation is 1. The predicted octanol–water partition coefficient (Wildman–Crippen LogP) is 3.38. The number of rotatable bonds is 3. The predicted molar refractivity (Wildman–Crippen MR) is 101 cm³/mol. The number of benzene rings is 1. The summed E-state index contributed by atoms with van der Waals surface area (Å²) >= 11 is 0. The van der Waals surface area contributed by atoms with Crippen LogP contribution in [0.15, 0.2) is 18.2 Å². The van der Waals surface area contributed by atoms with Crippen molar-refractivity contribution in [2.75, 3.05) is 16.6 Å². The molecule has 1 N–H and O–H groups in total. The largest absolute Gasteiger partial charge is 0.349 e. The summed E-state index contributed by atoms with van der Waals surface area (Å²) in [7, 11) is -3.27. The summed E-state index contributed by atoms with van der Waals surface area (Å²) in [5.41, 5.74) is 2.08. The molecule has 1 aliphatic heterocycles. The van der Waals surface area contributed by atoms with E-state index < -0.39 is 10.0 Å². The lowest BCUT2D eigenvalue weighted by atomic mass is 10.1. The van der Waals surface area contributed by atoms with Crippen LogP contribution in [0.1, 0.15) is 67.3 Å². The minimum absolute atomic E-state index is 0.0949. The Balaban J connectivity index is 1.79. The highest BCUT2D eigenvalue weighted by Crippen LogP contribution is 2.28. The van der Waals surface area contributed by atoms with Gasteiger partial charge in [0.25, 0.3) is 5.91 Å². The molecule has 138 valence electrons. The summed E-state index contributed by atoms with van der Waals surface area (Å²) in [5.74, 6) is 0.0906. The number of anilines is 1. The molecule has 1 aromatic carbocycles. The molecule has 3 rings (SSSR count). The highest BCUT2D eigenvalue weighted by atomic mass is 32.2. The summed E-state index contributed by atoms with van der Waals surface area (Å²) in [6.07, 6.45) is 8.45. The molecular weight excluding hydrogens is 336 g/mol. The Bertz CT molecular complexity index is 722. The molecule has 2 aliphatic rings. The maximum absolute atomic E-state index is 12.7. The van der Waals surface area contributed by atoms with Crippen LogP contribution >= 0.6 is 0 Å². The molecule has 1 amide bonds. The molecule has 2 fully saturated rings. The van der Waals surface area contributed by atoms with E-state index in [0.29, 0.717) is 24.2 Å². The van der Waals surface area contributed by atoms with Crippen LogP contribution in [0, 0.1) is 6.92 Å². The first-order valence-corrected chi connectivity index (χ1v) is 11.0. The fourth-order valence-corrected chi connectivity index (χ4v) is 5.46. The van der Waals surface area contributed by atoms with E-state index in [9.17, 15) is 13.2 Å². The number of sulfonamides is 1. The lowest BCUT2D eigenvalue weighted by molar-refractivity contribution is 0.0933. The second-order valence-corrected chi connectivity index (χ2v) is 9.27. The molecular formula is C19H28N2O3S. The molecule has 0 atom stereocenters. The maximum atomic E-state index is 12.7. The molecule has 0 bridgehead atoms. The maximum Gasteiger partial charge on any atom is 0.251 e. The Hall–Kier alpha value is -1.56. The van der Waals surface area contributed by atoms with Gasteiger partial charge in [-0.15, -0.1) is 0 Å². The minimum atomic E-state index is -3.27. The van der Waals surface area contributed by atoms with Gasteiger partial charge in [-0.1, -0.05) is 31.7 Å². The van der Waals surface area contributed by atoms with Crippen LogP contribution in [0.5, 0.6) is 0 Å². The lowest BCUT2D eigenvalue weighted by Crippen LogP contribution is -2.38. The van der Waals surface area contributed by atoms with Crippen LogP contribution < -0.4 is 9.62 Å². The number of carbonyl (C=O) groups is 1. The van der Waals surface area contributed by atoms with Gasteiger partial charge in [0.15, 0.2) is 0 Å². The van der Waals surface area contributed by atoms with Crippen molar-refractivity contribution < 1.29 is 13.2 Å². The van der Waals surface area contributed by atoms with E-state index in [0.717, 1.165) is 37.7 Å². The molecule has 0 radical (unpaired) electrons. The molecule has 1 aromatic rings. The smallest absolute Gasteiger partial charge is 0.251 e. The van der Waals surface area contributed by atoms with E-state index in [2.05, 4.69) is 5.32 Å². The van der Waals surface area contributed by atoms with Crippen LogP contribution in [-0.2, 0) is 10.0 Å². The van der Waals surface area contributed by atoms with Gasteiger partial charge in [0.1, 0.15) is 0 Å². The standard InChI is InChI=1S/C19H28N2O3S/c1-15-10-11-16(19(22)20-17-8-4-2-3-5-9-17)14-18(15)21-12-6-7-13-25(21,23)24/h10-11,14,17H,2-9,12-13H2,1H3,(H,20,22). The van der Waals surface area contributed by atoms with Crippen molar-refractivity contribution in [1.29, 1.82) is 0 Å². The van der Waals surface area contributed by atoms with Gasteiger partial charge in [-0.05, 0) is 50.3 Å². The fraction of sp³-hybridized carbons (Fsp3) is 0.632. The fourth-order valence-electron chi connectivity index (χ4n) is 3.77. The van der Waals surface area contributed by atoms with E-state index in [1.807, 2.05) is 13.0 Å². The molecule has 25 heavy (non-hydrogen) atoms. The molecule has 0 unspecified atom stereocenters. The summed E-state index contributed by atoms with van der Waals surface area (Å²) in [6.45, 7) is 2.39. The number of nitrogens with one attached hydrogen (secondary N) is 1. The van der Waals surface area contributed by atoms with Gasteiger partial charge in [0.05, 0.1) is 11.4 Å². The van der Waals surface area contributed by atoms with Gasteiger partial charge >= 0.3 is 0 Å². The summed E-state index contributed by atoms with van der Waals surface area (Å²) in [6, 6.07) is 5.62. The van der Waals surface area contributed by atoms with Crippen LogP contribution in [0.3, 0.4) is 0 Å². The van der Waals surface area contributed by atoms with Gasteiger partial charge in [0, 0.05) is 18.2 Å². The van der Waals surface area contributed by atoms with Crippen molar-refractivity contribution in [3.63, 3.8) is 0 Å². The summed E-state index contributed by atoms with van der Waals surface area (Å²) < 4.78 is 26.3. The van der Waals surface area contributed by atoms with E-state index in [-0.39, 0.29) is 17.7 Å². The van der Waals surface area contributed by atoms with Gasteiger partial charge < -0.3 is 5.32 Å². The van der Waals surface area contributed by atoms with Gasteiger partial charge in [-0.25, -0.2) is 8.42 Å². The minimum Gasteiger partial charge on any atom is -0.349 e. The van der Waals surface area contributed by atoms with Gasteiger partial charge in [-0.3, -0.25) is 9.10 Å². The first-order chi connectivity index (χ1) is 12.0. The monoisotopic (exact) mass is 364 g/mol. The van der Waals surface area contributed by atoms with Gasteiger partial charge in [0.2, 0.25) is 10.0 Å². The zero-order chi connectivity index (χ0) is 17.9. The highest BCUT2D eigenvalue weighted by molar-refractivity contribution is 7.92. The Morgan fingerprint density at radius 3 is 2.48 bits per heavy atom. The summed E-state index contributed by atoms with van der Waals surface area (Å²) in [4.78, 5) is 12.7. The number of nitrogens with zero attached hydrogens (tertiary/aromatic N) is 1. The third kappa shape index (κ3) is 4.35. The van der Waals surface area contributed by atoms with E-state index in [4.69, 9.17) is 0 Å². The third-order valence-electron chi connectivity index (χ3n) is 5.28. The van der Waals surface area contributed by atoms with Crippen molar-refractivity contribution in [3.8, 4) is 0 Å². The average Bonchev–Trinajstić information content (AvgIpc) is 2.84. The van der Waals surface area contributed by atoms with Crippen LogP contribution in [-0.4, -0.2) is 32.7 Å². The normalized spacial score (nSPS) is 21.6. The van der Waals surface area contributed by atoms with Crippen molar-refractivity contribution in [3.05, 3.63) is 29.3 Å². The molecule has 1 saturated heterocycles. The quantitative estimate of drug-likeness (QED) is 0.836. The molecule has 5 nitrogen and oxygen atoms in total. The molecule has 1 heterocycles. The molecule has 1 saturated carbocycles. The first-order valence-electron chi connectivity index (χ1n) is 9.39. The molecule has 0 spiro atoms. The summed E-state index contributed by atoms with van der Waals surface area (Å²) in [5, 5.41) is 3.14. The van der Waals surface area contributed by atoms with Crippen molar-refractivity contribution in [2.45, 2.75) is 64.3 Å². The van der Waals surface area contributed by atoms with Crippen LogP contribution in [0.25, 0.3) is 0 Å². The van der Waals surface area contributed by atoms with Crippen molar-refractivity contribution >= 4 is 21.6 Å². The third-order valence-corrected chi connectivity index (χ3v) is 7.14. The van der Waals surface area contributed by atoms with Crippen LogP contribution in [0.2, 0.25) is 0 Å². The number of hydrogen-bond acceptors (Lipinski definition) is 3. The first kappa shape index (κ1) is 18.2. The van der Waals surface area contributed by atoms with E-state index >= 15 is 0 Å². The SMILES string of the molecule is Cc1ccc(C(=O)NC2CCCCCC2)cc1N1CCCCS1(=O)=O. The Morgan fingerprint density at radius 1 is 1.08 bits per heavy atom. The molecule has 6 heteroatoms. The van der Waals surface area contributed by atoms with E-state index in [1.165, 1.54) is 17.1 Å². The van der Waals surface area contributed by atoms with Crippen LogP contribution in [0.4, 0.5) is 5.69 Å². The highest BCUT2D eigenvalue weighted by Gasteiger charge is 2.28. The van der Waals surface area contributed by atoms with Crippen molar-refractivity contribution in [2.24, 2.45) is 0 Å². The number of carbonyl (C=O) groups excluding carboxylic acids is 1. The lowest BCUT2D eigenvalue weighted by Gasteiger charge is -2.30. The molecule has 1 aliphatic carbocycles. The molecule has 0 aromatic heterocycles. The zero-order valence-electron chi connectivity index (χ0n) is 15.0. The Labute approximate surface area is 150 Å².